The molecule has 1 amide bonds. The maximum Gasteiger partial charge on any atom is 0.260 e. The van der Waals surface area contributed by atoms with Crippen molar-refractivity contribution in [2.45, 2.75) is 33.2 Å². The lowest BCUT2D eigenvalue weighted by molar-refractivity contribution is 0.102. The van der Waals surface area contributed by atoms with Crippen molar-refractivity contribution in [2.75, 3.05) is 11.9 Å². The van der Waals surface area contributed by atoms with Crippen molar-refractivity contribution in [3.05, 3.63) is 46.5 Å². The second-order valence-electron chi connectivity index (χ2n) is 6.54. The molecular formula is C19H19FN4O2. The number of fused-ring (bicyclic) bond motifs is 3. The zero-order chi connectivity index (χ0) is 18.4. The van der Waals surface area contributed by atoms with E-state index in [4.69, 9.17) is 9.41 Å². The van der Waals surface area contributed by atoms with Crippen molar-refractivity contribution in [1.29, 1.82) is 0 Å². The molecule has 0 aliphatic carbocycles. The standard InChI is InChI=1S/C19H19FN4O2/c1-4-12-8-24-9-21-19-16(17(24)22-12)15(11(3)26-19)18(25)23-13-6-5-10(2)14(20)7-13/h5-7,9,12H,4,8H2,1-3H3,(H,23,25)/t12-/m1/s1. The Morgan fingerprint density at radius 2 is 2.23 bits per heavy atom. The van der Waals surface area contributed by atoms with Gasteiger partial charge in [-0.25, -0.2) is 9.38 Å². The highest BCUT2D eigenvalue weighted by molar-refractivity contribution is 6.19. The summed E-state index contributed by atoms with van der Waals surface area (Å²) >= 11 is 0. The van der Waals surface area contributed by atoms with E-state index in [0.717, 1.165) is 13.0 Å². The third kappa shape index (κ3) is 2.60. The summed E-state index contributed by atoms with van der Waals surface area (Å²) in [7, 11) is 0. The summed E-state index contributed by atoms with van der Waals surface area (Å²) in [6.07, 6.45) is 2.60. The third-order valence-electron chi connectivity index (χ3n) is 4.72. The Bertz CT molecular complexity index is 961. The van der Waals surface area contributed by atoms with Crippen molar-refractivity contribution in [1.82, 2.24) is 4.90 Å². The highest BCUT2D eigenvalue weighted by Crippen LogP contribution is 2.35. The number of benzene rings is 1. The van der Waals surface area contributed by atoms with Crippen LogP contribution in [0.1, 0.15) is 40.6 Å². The molecule has 26 heavy (non-hydrogen) atoms. The van der Waals surface area contributed by atoms with Gasteiger partial charge in [0.1, 0.15) is 23.8 Å². The third-order valence-corrected chi connectivity index (χ3v) is 4.72. The zero-order valence-corrected chi connectivity index (χ0v) is 14.8. The SMILES string of the molecule is CC[C@@H]1CN2C=Nc3oc(C)c(C(=O)Nc4ccc(C)c(F)c4)c3C2=N1. The molecule has 0 fully saturated rings. The summed E-state index contributed by atoms with van der Waals surface area (Å²) in [5.41, 5.74) is 1.91. The largest absolute Gasteiger partial charge is 0.442 e. The van der Waals surface area contributed by atoms with Crippen LogP contribution in [0.5, 0.6) is 0 Å². The maximum absolute atomic E-state index is 13.8. The van der Waals surface area contributed by atoms with Crippen LogP contribution < -0.4 is 5.32 Å². The molecule has 134 valence electrons. The number of nitrogens with one attached hydrogen (secondary N) is 1. The minimum atomic E-state index is -0.365. The monoisotopic (exact) mass is 354 g/mol. The summed E-state index contributed by atoms with van der Waals surface area (Å²) in [5.74, 6) is 0.820. The van der Waals surface area contributed by atoms with Crippen molar-refractivity contribution in [3.63, 3.8) is 0 Å². The van der Waals surface area contributed by atoms with Gasteiger partial charge < -0.3 is 14.6 Å². The number of hydrogen-bond donors (Lipinski definition) is 1. The van der Waals surface area contributed by atoms with E-state index < -0.39 is 0 Å². The number of amidine groups is 1. The van der Waals surface area contributed by atoms with Crippen LogP contribution in [0.15, 0.2) is 32.6 Å². The van der Waals surface area contributed by atoms with Gasteiger partial charge in [0.2, 0.25) is 5.88 Å². The van der Waals surface area contributed by atoms with Gasteiger partial charge in [-0.2, -0.15) is 0 Å². The number of furan rings is 1. The molecule has 7 heteroatoms. The predicted octanol–water partition coefficient (Wildman–Crippen LogP) is 3.80. The first-order valence-electron chi connectivity index (χ1n) is 8.57. The van der Waals surface area contributed by atoms with Crippen molar-refractivity contribution in [2.24, 2.45) is 9.98 Å². The fourth-order valence-corrected chi connectivity index (χ4v) is 3.22. The molecule has 2 aliphatic rings. The second kappa shape index (κ2) is 6.09. The predicted molar refractivity (Wildman–Crippen MR) is 98.0 cm³/mol. The smallest absolute Gasteiger partial charge is 0.260 e. The molecule has 0 bridgehead atoms. The number of carbonyl (C=O) groups excluding carboxylic acids is 1. The van der Waals surface area contributed by atoms with Crippen molar-refractivity contribution in [3.8, 4) is 0 Å². The minimum absolute atomic E-state index is 0.166. The van der Waals surface area contributed by atoms with Gasteiger partial charge in [0.25, 0.3) is 5.91 Å². The first-order chi connectivity index (χ1) is 12.5. The van der Waals surface area contributed by atoms with E-state index >= 15 is 0 Å². The van der Waals surface area contributed by atoms with Crippen molar-refractivity contribution >= 4 is 29.7 Å². The van der Waals surface area contributed by atoms with E-state index in [1.165, 1.54) is 6.07 Å². The Balaban J connectivity index is 1.72. The van der Waals surface area contributed by atoms with Crippen LogP contribution in [0.4, 0.5) is 16.0 Å². The maximum atomic E-state index is 13.8. The molecular weight excluding hydrogens is 335 g/mol. The number of anilines is 1. The van der Waals surface area contributed by atoms with E-state index in [1.54, 1.807) is 32.3 Å². The lowest BCUT2D eigenvalue weighted by atomic mass is 10.1. The van der Waals surface area contributed by atoms with Gasteiger partial charge in [-0.15, -0.1) is 0 Å². The molecule has 0 saturated heterocycles. The number of hydrogen-bond acceptors (Lipinski definition) is 5. The number of nitrogens with zero attached hydrogens (tertiary/aromatic N) is 3. The van der Waals surface area contributed by atoms with Gasteiger partial charge in [-0.1, -0.05) is 13.0 Å². The van der Waals surface area contributed by atoms with Crippen LogP contribution in [0.3, 0.4) is 0 Å². The van der Waals surface area contributed by atoms with Gasteiger partial charge >= 0.3 is 0 Å². The molecule has 1 N–H and O–H groups in total. The van der Waals surface area contributed by atoms with Gasteiger partial charge in [0, 0.05) is 12.2 Å². The molecule has 0 saturated carbocycles. The molecule has 0 unspecified atom stereocenters. The van der Waals surface area contributed by atoms with Gasteiger partial charge in [0.05, 0.1) is 17.2 Å². The molecule has 2 aromatic rings. The summed E-state index contributed by atoms with van der Waals surface area (Å²) in [4.78, 5) is 23.8. The number of carbonyl (C=O) groups is 1. The Morgan fingerprint density at radius 3 is 2.96 bits per heavy atom. The molecule has 1 aromatic carbocycles. The Labute approximate surface area is 150 Å². The quantitative estimate of drug-likeness (QED) is 0.911. The number of amides is 1. The number of rotatable bonds is 3. The van der Waals surface area contributed by atoms with Crippen LogP contribution in [0.25, 0.3) is 0 Å². The first-order valence-corrected chi connectivity index (χ1v) is 8.57. The Hall–Kier alpha value is -2.96. The molecule has 3 heterocycles. The first kappa shape index (κ1) is 16.5. The lowest BCUT2D eigenvalue weighted by Gasteiger charge is -2.18. The van der Waals surface area contributed by atoms with E-state index in [-0.39, 0.29) is 17.8 Å². The van der Waals surface area contributed by atoms with Crippen LogP contribution in [0.2, 0.25) is 0 Å². The van der Waals surface area contributed by atoms with Gasteiger partial charge in [0.15, 0.2) is 0 Å². The second-order valence-corrected chi connectivity index (χ2v) is 6.54. The average Bonchev–Trinajstić information content (AvgIpc) is 3.17. The number of halogens is 1. The lowest BCUT2D eigenvalue weighted by Crippen LogP contribution is -2.31. The van der Waals surface area contributed by atoms with Crippen LogP contribution >= 0.6 is 0 Å². The Kier molecular flexibility index (Phi) is 3.86. The Morgan fingerprint density at radius 1 is 1.42 bits per heavy atom. The molecule has 6 nitrogen and oxygen atoms in total. The summed E-state index contributed by atoms with van der Waals surface area (Å²) in [5, 5.41) is 2.74. The molecule has 4 rings (SSSR count). The van der Waals surface area contributed by atoms with Crippen LogP contribution in [-0.4, -0.2) is 35.6 Å². The normalized spacial score (nSPS) is 17.8. The number of aliphatic imine (C=N–C) groups is 2. The van der Waals surface area contributed by atoms with Crippen molar-refractivity contribution < 1.29 is 13.6 Å². The summed E-state index contributed by atoms with van der Waals surface area (Å²) in [6, 6.07) is 4.77. The molecule has 0 spiro atoms. The fourth-order valence-electron chi connectivity index (χ4n) is 3.22. The van der Waals surface area contributed by atoms with Crippen LogP contribution in [-0.2, 0) is 0 Å². The highest BCUT2D eigenvalue weighted by Gasteiger charge is 2.35. The molecule has 1 atom stereocenters. The van der Waals surface area contributed by atoms with Crippen LogP contribution in [0, 0.1) is 19.7 Å². The molecule has 2 aliphatic heterocycles. The summed E-state index contributed by atoms with van der Waals surface area (Å²) in [6.45, 7) is 6.21. The van der Waals surface area contributed by atoms with Gasteiger partial charge in [-0.3, -0.25) is 9.79 Å². The fraction of sp³-hybridized carbons (Fsp3) is 0.316. The minimum Gasteiger partial charge on any atom is -0.442 e. The highest BCUT2D eigenvalue weighted by atomic mass is 19.1. The topological polar surface area (TPSA) is 70.2 Å². The van der Waals surface area contributed by atoms with E-state index in [2.05, 4.69) is 17.2 Å². The molecule has 0 radical (unpaired) electrons. The average molecular weight is 354 g/mol. The van der Waals surface area contributed by atoms with E-state index in [1.807, 2.05) is 4.90 Å². The van der Waals surface area contributed by atoms with E-state index in [0.29, 0.717) is 39.9 Å². The number of aryl methyl sites for hydroxylation is 2. The van der Waals surface area contributed by atoms with Gasteiger partial charge in [-0.05, 0) is 38.0 Å². The van der Waals surface area contributed by atoms with E-state index in [9.17, 15) is 9.18 Å². The molecule has 1 aromatic heterocycles. The zero-order valence-electron chi connectivity index (χ0n) is 14.8. The summed E-state index contributed by atoms with van der Waals surface area (Å²) < 4.78 is 19.4.